The summed E-state index contributed by atoms with van der Waals surface area (Å²) in [6, 6.07) is 0. The van der Waals surface area contributed by atoms with Crippen molar-refractivity contribution in [1.82, 2.24) is 0 Å². The monoisotopic (exact) mass is 231 g/mol. The van der Waals surface area contributed by atoms with E-state index in [1.807, 2.05) is 0 Å². The van der Waals surface area contributed by atoms with Gasteiger partial charge >= 0.3 is 9.28 Å². The van der Waals surface area contributed by atoms with Crippen LogP contribution in [0.3, 0.4) is 0 Å². The first kappa shape index (κ1) is 15.1. The van der Waals surface area contributed by atoms with Crippen LogP contribution in [-0.2, 0) is 8.85 Å². The van der Waals surface area contributed by atoms with E-state index in [-0.39, 0.29) is 17.2 Å². The molecule has 0 atom stereocenters. The van der Waals surface area contributed by atoms with Gasteiger partial charge in [0.15, 0.2) is 0 Å². The largest absolute Gasteiger partial charge is 0.391 e. The van der Waals surface area contributed by atoms with Crippen molar-refractivity contribution >= 4 is 9.28 Å². The van der Waals surface area contributed by atoms with Gasteiger partial charge in [0.1, 0.15) is 0 Å². The molecule has 0 aliphatic heterocycles. The first-order chi connectivity index (χ1) is 6.79. The van der Waals surface area contributed by atoms with Crippen molar-refractivity contribution in [3.8, 4) is 0 Å². The molecule has 3 heteroatoms. The fourth-order valence-electron chi connectivity index (χ4n) is 1.50. The molecule has 15 heavy (non-hydrogen) atoms. The molecule has 0 fully saturated rings. The maximum Gasteiger partial charge on any atom is 0.391 e. The zero-order chi connectivity index (χ0) is 12.1. The lowest BCUT2D eigenvalue weighted by molar-refractivity contribution is 0.111. The molecule has 0 saturated heterocycles. The Morgan fingerprint density at radius 3 is 1.67 bits per heavy atom. The van der Waals surface area contributed by atoms with Crippen LogP contribution in [-0.4, -0.2) is 21.5 Å². The summed E-state index contributed by atoms with van der Waals surface area (Å²) >= 11 is 0. The van der Waals surface area contributed by atoms with Crippen LogP contribution in [0.25, 0.3) is 0 Å². The summed E-state index contributed by atoms with van der Waals surface area (Å²) in [6.45, 7) is 15.1. The van der Waals surface area contributed by atoms with Crippen molar-refractivity contribution in [3.63, 3.8) is 0 Å². The maximum absolute atomic E-state index is 5.96. The summed E-state index contributed by atoms with van der Waals surface area (Å²) < 4.78 is 11.9. The van der Waals surface area contributed by atoms with E-state index in [1.165, 1.54) is 12.8 Å². The molecule has 0 heterocycles. The van der Waals surface area contributed by atoms with Crippen LogP contribution in [0, 0.1) is 0 Å². The Morgan fingerprint density at radius 2 is 1.40 bits per heavy atom. The SMILES string of the molecule is CCCC(C)(C)[Si](OC(C)C)OC(C)C. The minimum Gasteiger partial charge on any atom is -0.391 e. The molecule has 0 aliphatic carbocycles. The average molecular weight is 231 g/mol. The molecule has 0 saturated carbocycles. The van der Waals surface area contributed by atoms with Crippen molar-refractivity contribution in [2.24, 2.45) is 0 Å². The topological polar surface area (TPSA) is 18.5 Å². The average Bonchev–Trinajstić information content (AvgIpc) is 2.00. The highest BCUT2D eigenvalue weighted by Gasteiger charge is 2.37. The minimum absolute atomic E-state index is 0.188. The highest BCUT2D eigenvalue weighted by Crippen LogP contribution is 2.36. The van der Waals surface area contributed by atoms with E-state index in [4.69, 9.17) is 8.85 Å². The lowest BCUT2D eigenvalue weighted by Gasteiger charge is -2.33. The molecule has 0 bridgehead atoms. The van der Waals surface area contributed by atoms with Gasteiger partial charge in [-0.3, -0.25) is 0 Å². The van der Waals surface area contributed by atoms with E-state index in [9.17, 15) is 0 Å². The second kappa shape index (κ2) is 6.66. The molecule has 0 spiro atoms. The number of hydrogen-bond acceptors (Lipinski definition) is 2. The fourth-order valence-corrected chi connectivity index (χ4v) is 3.51. The zero-order valence-corrected chi connectivity index (χ0v) is 12.4. The Hall–Kier alpha value is 0.137. The predicted molar refractivity (Wildman–Crippen MR) is 67.1 cm³/mol. The van der Waals surface area contributed by atoms with Crippen LogP contribution in [0.4, 0.5) is 0 Å². The lowest BCUT2D eigenvalue weighted by Crippen LogP contribution is -2.38. The molecule has 0 amide bonds. The first-order valence-corrected chi connectivity index (χ1v) is 7.32. The van der Waals surface area contributed by atoms with Crippen molar-refractivity contribution < 1.29 is 8.85 Å². The highest BCUT2D eigenvalue weighted by molar-refractivity contribution is 6.48. The van der Waals surface area contributed by atoms with Crippen LogP contribution in [0.5, 0.6) is 0 Å². The Morgan fingerprint density at radius 1 is 1.00 bits per heavy atom. The molecule has 0 N–H and O–H groups in total. The third-order valence-electron chi connectivity index (χ3n) is 2.11. The molecule has 0 aromatic rings. The van der Waals surface area contributed by atoms with E-state index in [0.29, 0.717) is 0 Å². The van der Waals surface area contributed by atoms with E-state index in [1.54, 1.807) is 0 Å². The Bertz CT molecular complexity index is 157. The van der Waals surface area contributed by atoms with E-state index in [2.05, 4.69) is 48.5 Å². The van der Waals surface area contributed by atoms with Gasteiger partial charge in [0, 0.05) is 17.2 Å². The van der Waals surface area contributed by atoms with E-state index >= 15 is 0 Å². The van der Waals surface area contributed by atoms with E-state index < -0.39 is 9.28 Å². The molecule has 0 aromatic heterocycles. The summed E-state index contributed by atoms with van der Waals surface area (Å²) in [5.74, 6) is 0. The number of rotatable bonds is 7. The fraction of sp³-hybridized carbons (Fsp3) is 1.00. The summed E-state index contributed by atoms with van der Waals surface area (Å²) in [6.07, 6.45) is 2.87. The second-order valence-electron chi connectivity index (χ2n) is 5.25. The molecular formula is C12H27O2Si. The molecule has 2 nitrogen and oxygen atoms in total. The van der Waals surface area contributed by atoms with Crippen molar-refractivity contribution in [2.45, 2.75) is 78.6 Å². The third kappa shape index (κ3) is 6.33. The molecule has 0 rings (SSSR count). The Labute approximate surface area is 97.2 Å². The maximum atomic E-state index is 5.96. The first-order valence-electron chi connectivity index (χ1n) is 6.00. The summed E-state index contributed by atoms with van der Waals surface area (Å²) in [5.41, 5.74) is 0. The molecule has 0 unspecified atom stereocenters. The quantitative estimate of drug-likeness (QED) is 0.619. The normalized spacial score (nSPS) is 13.2. The van der Waals surface area contributed by atoms with Gasteiger partial charge in [-0.25, -0.2) is 0 Å². The standard InChI is InChI=1S/C12H27O2Si/c1-8-9-12(6,7)15(13-10(2)3)14-11(4)5/h10-11H,8-9H2,1-7H3. The van der Waals surface area contributed by atoms with Crippen LogP contribution in [0.2, 0.25) is 5.04 Å². The van der Waals surface area contributed by atoms with Gasteiger partial charge in [-0.05, 0) is 34.1 Å². The van der Waals surface area contributed by atoms with Crippen molar-refractivity contribution in [1.29, 1.82) is 0 Å². The highest BCUT2D eigenvalue weighted by atomic mass is 28.3. The molecule has 1 radical (unpaired) electrons. The molecule has 0 aromatic carbocycles. The smallest absolute Gasteiger partial charge is 0.391 e. The van der Waals surface area contributed by atoms with Crippen LogP contribution < -0.4 is 0 Å². The van der Waals surface area contributed by atoms with Gasteiger partial charge < -0.3 is 8.85 Å². The molecule has 91 valence electrons. The van der Waals surface area contributed by atoms with Crippen molar-refractivity contribution in [2.75, 3.05) is 0 Å². The van der Waals surface area contributed by atoms with Crippen molar-refractivity contribution in [3.05, 3.63) is 0 Å². The Balaban J connectivity index is 4.45. The van der Waals surface area contributed by atoms with Gasteiger partial charge in [-0.15, -0.1) is 0 Å². The van der Waals surface area contributed by atoms with Crippen LogP contribution >= 0.6 is 0 Å². The molecule has 0 aliphatic rings. The van der Waals surface area contributed by atoms with Crippen LogP contribution in [0.15, 0.2) is 0 Å². The molecular weight excluding hydrogens is 204 g/mol. The summed E-state index contributed by atoms with van der Waals surface area (Å²) in [7, 11) is -1.18. The van der Waals surface area contributed by atoms with Crippen LogP contribution in [0.1, 0.15) is 61.3 Å². The van der Waals surface area contributed by atoms with Gasteiger partial charge in [0.05, 0.1) is 0 Å². The van der Waals surface area contributed by atoms with Gasteiger partial charge in [0.25, 0.3) is 0 Å². The minimum atomic E-state index is -1.18. The summed E-state index contributed by atoms with van der Waals surface area (Å²) in [4.78, 5) is 0. The van der Waals surface area contributed by atoms with Gasteiger partial charge in [-0.1, -0.05) is 27.2 Å². The Kier molecular flexibility index (Phi) is 6.72. The predicted octanol–water partition coefficient (Wildman–Crippen LogP) is 3.90. The van der Waals surface area contributed by atoms with E-state index in [0.717, 1.165) is 0 Å². The number of hydrogen-bond donors (Lipinski definition) is 0. The summed E-state index contributed by atoms with van der Waals surface area (Å²) in [5, 5.41) is 0.188. The van der Waals surface area contributed by atoms with Gasteiger partial charge in [-0.2, -0.15) is 0 Å². The third-order valence-corrected chi connectivity index (χ3v) is 4.84. The second-order valence-corrected chi connectivity index (χ2v) is 7.65. The lowest BCUT2D eigenvalue weighted by atomic mass is 10.1. The van der Waals surface area contributed by atoms with Gasteiger partial charge in [0.2, 0.25) is 0 Å². The zero-order valence-electron chi connectivity index (χ0n) is 11.4.